The van der Waals surface area contributed by atoms with Crippen molar-refractivity contribution in [3.63, 3.8) is 0 Å². The molecule has 1 heterocycles. The monoisotopic (exact) mass is 155 g/mol. The molecule has 0 aliphatic rings. The summed E-state index contributed by atoms with van der Waals surface area (Å²) in [5, 5.41) is 12.3. The fourth-order valence-corrected chi connectivity index (χ4v) is 0.743. The molecule has 0 aliphatic heterocycles. The molecular formula is C6H9N3O2. The molecule has 11 heavy (non-hydrogen) atoms. The number of nitrogens with two attached hydrogens (primary N) is 1. The van der Waals surface area contributed by atoms with Crippen LogP contribution in [0.15, 0.2) is 12.4 Å². The van der Waals surface area contributed by atoms with Gasteiger partial charge in [0.05, 0.1) is 6.20 Å². The van der Waals surface area contributed by atoms with E-state index in [1.807, 2.05) is 0 Å². The number of carbonyl (C=O) groups is 1. The maximum Gasteiger partial charge on any atom is 0.325 e. The molecule has 5 nitrogen and oxygen atoms in total. The Kier molecular flexibility index (Phi) is 1.91. The SMILES string of the molecule is Cn1cc(C(N)C(=O)O)cn1. The third-order valence-electron chi connectivity index (χ3n) is 1.35. The quantitative estimate of drug-likeness (QED) is 0.603. The number of aromatic nitrogens is 2. The van der Waals surface area contributed by atoms with E-state index in [-0.39, 0.29) is 0 Å². The molecule has 1 aromatic rings. The summed E-state index contributed by atoms with van der Waals surface area (Å²) in [6, 6.07) is -0.969. The minimum atomic E-state index is -1.04. The summed E-state index contributed by atoms with van der Waals surface area (Å²) >= 11 is 0. The highest BCUT2D eigenvalue weighted by atomic mass is 16.4. The Balaban J connectivity index is 2.84. The topological polar surface area (TPSA) is 81.1 Å². The largest absolute Gasteiger partial charge is 0.480 e. The Morgan fingerprint density at radius 3 is 2.91 bits per heavy atom. The van der Waals surface area contributed by atoms with Gasteiger partial charge in [-0.25, -0.2) is 0 Å². The van der Waals surface area contributed by atoms with E-state index in [0.29, 0.717) is 5.56 Å². The molecule has 1 rings (SSSR count). The number of hydrogen-bond acceptors (Lipinski definition) is 3. The van der Waals surface area contributed by atoms with Crippen molar-refractivity contribution >= 4 is 5.97 Å². The van der Waals surface area contributed by atoms with Crippen LogP contribution in [0.5, 0.6) is 0 Å². The van der Waals surface area contributed by atoms with Crippen LogP contribution in [0.25, 0.3) is 0 Å². The normalized spacial score (nSPS) is 12.9. The summed E-state index contributed by atoms with van der Waals surface area (Å²) in [5.74, 6) is -1.04. The standard InChI is InChI=1S/C6H9N3O2/c1-9-3-4(2-8-9)5(7)6(10)11/h2-3,5H,7H2,1H3,(H,10,11). The van der Waals surface area contributed by atoms with Gasteiger partial charge in [0, 0.05) is 18.8 Å². The summed E-state index contributed by atoms with van der Waals surface area (Å²) in [6.07, 6.45) is 3.03. The molecule has 5 heteroatoms. The maximum atomic E-state index is 10.3. The first-order chi connectivity index (χ1) is 5.11. The predicted octanol–water partition coefficient (Wildman–Crippen LogP) is -0.496. The lowest BCUT2D eigenvalue weighted by molar-refractivity contribution is -0.138. The van der Waals surface area contributed by atoms with Gasteiger partial charge in [-0.05, 0) is 0 Å². The van der Waals surface area contributed by atoms with Crippen molar-refractivity contribution in [2.75, 3.05) is 0 Å². The molecule has 1 atom stereocenters. The van der Waals surface area contributed by atoms with Crippen molar-refractivity contribution in [3.05, 3.63) is 18.0 Å². The first-order valence-electron chi connectivity index (χ1n) is 3.08. The van der Waals surface area contributed by atoms with Crippen molar-refractivity contribution in [1.29, 1.82) is 0 Å². The second kappa shape index (κ2) is 2.71. The van der Waals surface area contributed by atoms with Gasteiger partial charge in [-0.2, -0.15) is 5.10 Å². The molecule has 3 N–H and O–H groups in total. The van der Waals surface area contributed by atoms with Crippen LogP contribution in [0.1, 0.15) is 11.6 Å². The van der Waals surface area contributed by atoms with Crippen molar-refractivity contribution in [2.45, 2.75) is 6.04 Å². The zero-order chi connectivity index (χ0) is 8.43. The smallest absolute Gasteiger partial charge is 0.325 e. The zero-order valence-corrected chi connectivity index (χ0v) is 6.06. The van der Waals surface area contributed by atoms with Crippen LogP contribution in [-0.4, -0.2) is 20.9 Å². The highest BCUT2D eigenvalue weighted by Gasteiger charge is 2.14. The predicted molar refractivity (Wildman–Crippen MR) is 37.8 cm³/mol. The van der Waals surface area contributed by atoms with Gasteiger partial charge in [-0.3, -0.25) is 9.48 Å². The number of aryl methyl sites for hydroxylation is 1. The van der Waals surface area contributed by atoms with Crippen LogP contribution < -0.4 is 5.73 Å². The Morgan fingerprint density at radius 1 is 1.91 bits per heavy atom. The summed E-state index contributed by atoms with van der Waals surface area (Å²) in [6.45, 7) is 0. The fraction of sp³-hybridized carbons (Fsp3) is 0.333. The van der Waals surface area contributed by atoms with E-state index < -0.39 is 12.0 Å². The van der Waals surface area contributed by atoms with Gasteiger partial charge in [0.1, 0.15) is 6.04 Å². The van der Waals surface area contributed by atoms with Crippen LogP contribution in [0.2, 0.25) is 0 Å². The number of rotatable bonds is 2. The Morgan fingerprint density at radius 2 is 2.55 bits per heavy atom. The van der Waals surface area contributed by atoms with Crippen LogP contribution in [0.4, 0.5) is 0 Å². The lowest BCUT2D eigenvalue weighted by Crippen LogP contribution is -2.19. The van der Waals surface area contributed by atoms with E-state index in [2.05, 4.69) is 5.10 Å². The highest BCUT2D eigenvalue weighted by molar-refractivity contribution is 5.74. The van der Waals surface area contributed by atoms with E-state index in [0.717, 1.165) is 0 Å². The summed E-state index contributed by atoms with van der Waals surface area (Å²) in [5.41, 5.74) is 5.81. The van der Waals surface area contributed by atoms with Gasteiger partial charge in [-0.1, -0.05) is 0 Å². The van der Waals surface area contributed by atoms with E-state index in [9.17, 15) is 4.79 Å². The van der Waals surface area contributed by atoms with Crippen molar-refractivity contribution in [3.8, 4) is 0 Å². The highest BCUT2D eigenvalue weighted by Crippen LogP contribution is 2.07. The second-order valence-corrected chi connectivity index (χ2v) is 2.26. The average molecular weight is 155 g/mol. The van der Waals surface area contributed by atoms with Gasteiger partial charge < -0.3 is 10.8 Å². The first kappa shape index (κ1) is 7.74. The fourth-order valence-electron chi connectivity index (χ4n) is 0.743. The molecule has 0 bridgehead atoms. The lowest BCUT2D eigenvalue weighted by Gasteiger charge is -2.00. The molecule has 1 unspecified atom stereocenters. The minimum absolute atomic E-state index is 0.514. The van der Waals surface area contributed by atoms with E-state index >= 15 is 0 Å². The molecule has 0 saturated carbocycles. The molecular weight excluding hydrogens is 146 g/mol. The Labute approximate surface area is 63.4 Å². The number of carboxylic acids is 1. The van der Waals surface area contributed by atoms with Gasteiger partial charge in [0.15, 0.2) is 0 Å². The molecule has 0 fully saturated rings. The Hall–Kier alpha value is -1.36. The average Bonchev–Trinajstić information content (AvgIpc) is 2.34. The third kappa shape index (κ3) is 1.56. The van der Waals surface area contributed by atoms with Gasteiger partial charge in [0.2, 0.25) is 0 Å². The number of carboxylic acid groups (broad SMARTS) is 1. The van der Waals surface area contributed by atoms with Gasteiger partial charge in [-0.15, -0.1) is 0 Å². The first-order valence-corrected chi connectivity index (χ1v) is 3.08. The van der Waals surface area contributed by atoms with Crippen LogP contribution in [0.3, 0.4) is 0 Å². The molecule has 0 spiro atoms. The zero-order valence-electron chi connectivity index (χ0n) is 6.06. The van der Waals surface area contributed by atoms with Crippen LogP contribution >= 0.6 is 0 Å². The van der Waals surface area contributed by atoms with E-state index in [4.69, 9.17) is 10.8 Å². The molecule has 0 aliphatic carbocycles. The second-order valence-electron chi connectivity index (χ2n) is 2.26. The van der Waals surface area contributed by atoms with Crippen LogP contribution in [0, 0.1) is 0 Å². The maximum absolute atomic E-state index is 10.3. The molecule has 0 saturated heterocycles. The third-order valence-corrected chi connectivity index (χ3v) is 1.35. The molecule has 1 aromatic heterocycles. The lowest BCUT2D eigenvalue weighted by atomic mass is 10.2. The van der Waals surface area contributed by atoms with Gasteiger partial charge >= 0.3 is 5.97 Å². The number of hydrogen-bond donors (Lipinski definition) is 2. The molecule has 0 amide bonds. The van der Waals surface area contributed by atoms with Crippen molar-refractivity contribution < 1.29 is 9.90 Å². The molecule has 0 aromatic carbocycles. The Bertz CT molecular complexity index is 269. The summed E-state index contributed by atoms with van der Waals surface area (Å²) < 4.78 is 1.51. The van der Waals surface area contributed by atoms with Crippen molar-refractivity contribution in [2.24, 2.45) is 12.8 Å². The molecule has 0 radical (unpaired) electrons. The summed E-state index contributed by atoms with van der Waals surface area (Å²) in [7, 11) is 1.71. The van der Waals surface area contributed by atoms with E-state index in [1.54, 1.807) is 13.2 Å². The van der Waals surface area contributed by atoms with Crippen LogP contribution in [-0.2, 0) is 11.8 Å². The number of aliphatic carboxylic acids is 1. The minimum Gasteiger partial charge on any atom is -0.480 e. The van der Waals surface area contributed by atoms with Crippen molar-refractivity contribution in [1.82, 2.24) is 9.78 Å². The van der Waals surface area contributed by atoms with E-state index in [1.165, 1.54) is 10.9 Å². The molecule has 60 valence electrons. The number of nitrogens with zero attached hydrogens (tertiary/aromatic N) is 2. The summed E-state index contributed by atoms with van der Waals surface area (Å²) in [4.78, 5) is 10.3. The van der Waals surface area contributed by atoms with Gasteiger partial charge in [0.25, 0.3) is 0 Å².